The van der Waals surface area contributed by atoms with Crippen LogP contribution in [-0.2, 0) is 60.4 Å². The van der Waals surface area contributed by atoms with Gasteiger partial charge in [0.25, 0.3) is 0 Å². The molecule has 5 rings (SSSR count). The molecule has 3 aliphatic heterocycles. The topological polar surface area (TPSA) is 375 Å². The van der Waals surface area contributed by atoms with Crippen molar-refractivity contribution in [2.24, 2.45) is 11.8 Å². The zero-order valence-electron chi connectivity index (χ0n) is 35.0. The van der Waals surface area contributed by atoms with Crippen LogP contribution in [0, 0.1) is 11.8 Å². The van der Waals surface area contributed by atoms with Crippen molar-refractivity contribution in [3.63, 3.8) is 0 Å². The average molecular weight is 920 g/mol. The van der Waals surface area contributed by atoms with Crippen molar-refractivity contribution in [1.82, 2.24) is 47.1 Å². The maximum absolute atomic E-state index is 14.5. The summed E-state index contributed by atoms with van der Waals surface area (Å²) < 4.78 is 14.5. The minimum atomic E-state index is -2.41. The Balaban J connectivity index is 1.73. The van der Waals surface area contributed by atoms with Gasteiger partial charge in [-0.25, -0.2) is 0 Å². The summed E-state index contributed by atoms with van der Waals surface area (Å²) >= 11 is 0. The molecule has 1 saturated heterocycles. The van der Waals surface area contributed by atoms with E-state index in [0.29, 0.717) is 6.42 Å². The number of carbonyl (C=O) groups excluding carboxylic acids is 8. The second kappa shape index (κ2) is 21.0. The summed E-state index contributed by atoms with van der Waals surface area (Å²) in [5.41, 5.74) is 0.220. The molecule has 0 radical (unpaired) electrons. The number of nitrogens with zero attached hydrogens (tertiary/aromatic N) is 1. The molecule has 24 nitrogen and oxygen atoms in total. The number of rotatable bonds is 7. The molecule has 25 heteroatoms. The van der Waals surface area contributed by atoms with Crippen LogP contribution < -0.4 is 37.2 Å². The Labute approximate surface area is 367 Å². The smallest absolute Gasteiger partial charge is 0.305 e. The summed E-state index contributed by atoms with van der Waals surface area (Å²) in [6, 6.07) is -6.28. The van der Waals surface area contributed by atoms with Crippen LogP contribution in [-0.4, -0.2) is 173 Å². The second-order valence-corrected chi connectivity index (χ2v) is 17.5. The third-order valence-electron chi connectivity index (χ3n) is 11.5. The molecule has 8 amide bonds. The number of amides is 8. The van der Waals surface area contributed by atoms with Crippen molar-refractivity contribution in [2.45, 2.75) is 99.9 Å². The molecule has 2 aromatic rings. The largest absolute Gasteiger partial charge is 0.508 e. The number of aromatic hydroxyl groups is 1. The predicted molar refractivity (Wildman–Crippen MR) is 221 cm³/mol. The highest BCUT2D eigenvalue weighted by Crippen LogP contribution is 2.30. The van der Waals surface area contributed by atoms with E-state index in [9.17, 15) is 72.9 Å². The maximum Gasteiger partial charge on any atom is 0.305 e. The number of hydrogen-bond acceptors (Lipinski definition) is 14. The van der Waals surface area contributed by atoms with E-state index >= 15 is 0 Å². The Morgan fingerprint density at radius 3 is 2.19 bits per heavy atom. The molecule has 1 fully saturated rings. The molecule has 3 aliphatic rings. The van der Waals surface area contributed by atoms with Gasteiger partial charge in [-0.3, -0.25) is 47.4 Å². The number of benzene rings is 1. The fourth-order valence-corrected chi connectivity index (χ4v) is 9.07. The number of phenols is 1. The molecule has 2 bridgehead atoms. The first kappa shape index (κ1) is 48.8. The predicted octanol–water partition coefficient (Wildman–Crippen LogP) is -5.32. The number of carboxylic acids is 1. The maximum atomic E-state index is 14.5. The molecule has 0 unspecified atom stereocenters. The number of phenolic OH excluding ortho intramolecular Hbond substituents is 1. The third kappa shape index (κ3) is 11.5. The monoisotopic (exact) mass is 919 g/mol. The van der Waals surface area contributed by atoms with Gasteiger partial charge in [0.1, 0.15) is 47.0 Å². The fourth-order valence-electron chi connectivity index (χ4n) is 7.67. The molecule has 64 heavy (non-hydrogen) atoms. The van der Waals surface area contributed by atoms with Crippen LogP contribution in [0.15, 0.2) is 23.2 Å². The average Bonchev–Trinajstić information content (AvgIpc) is 3.82. The highest BCUT2D eigenvalue weighted by Gasteiger charge is 2.45. The van der Waals surface area contributed by atoms with Crippen LogP contribution in [0.3, 0.4) is 0 Å². The zero-order valence-corrected chi connectivity index (χ0v) is 35.9. The number of nitrogens with one attached hydrogen (secondary N) is 8. The Kier molecular flexibility index (Phi) is 16.0. The standard InChI is InChI=1S/C39H53N9O15S/c1-4-16(2)31-36(60)41-11-28(53)42-25-15-64(63)38-21(20-6-5-18(50)7-22(20)45-38)9-23(33(57)40-12-29(54)46-31)43-37(61)32(17(3)27(52)14-49)47-35(59)26-8-19(51)13-48(26)39(62)24(10-30(55)56)44-34(25)58/h5-7,16-17,19,23-27,31-32,45,49-52H,4,8-15H2,1-3H3,(H,40,57)(H,41,60)(H,42,53)(H,43,61)(H,44,58)(H,46,54)(H,47,59)(H,55,56)/t16-,17-,19+,23-,24-,25-,26-,27-,31-,32-,64-/m0/s1. The van der Waals surface area contributed by atoms with Gasteiger partial charge in [-0.1, -0.05) is 27.2 Å². The van der Waals surface area contributed by atoms with Crippen molar-refractivity contribution in [3.8, 4) is 5.75 Å². The highest BCUT2D eigenvalue weighted by atomic mass is 32.2. The van der Waals surface area contributed by atoms with Crippen molar-refractivity contribution in [1.29, 1.82) is 0 Å². The molecule has 4 heterocycles. The number of aliphatic hydroxyl groups excluding tert-OH is 3. The first-order valence-electron chi connectivity index (χ1n) is 20.5. The van der Waals surface area contributed by atoms with Crippen LogP contribution in [0.5, 0.6) is 5.75 Å². The number of aromatic nitrogens is 1. The first-order valence-corrected chi connectivity index (χ1v) is 21.8. The molecular weight excluding hydrogens is 867 g/mol. The van der Waals surface area contributed by atoms with Crippen molar-refractivity contribution in [2.75, 3.05) is 32.0 Å². The molecule has 13 N–H and O–H groups in total. The zero-order chi connectivity index (χ0) is 47.2. The van der Waals surface area contributed by atoms with Gasteiger partial charge in [-0.2, -0.15) is 0 Å². The lowest BCUT2D eigenvalue weighted by Gasteiger charge is -2.32. The molecule has 1 aromatic carbocycles. The van der Waals surface area contributed by atoms with Gasteiger partial charge in [-0.15, -0.1) is 0 Å². The number of aliphatic carboxylic acids is 1. The highest BCUT2D eigenvalue weighted by molar-refractivity contribution is 7.85. The summed E-state index contributed by atoms with van der Waals surface area (Å²) in [7, 11) is -2.41. The van der Waals surface area contributed by atoms with Crippen LogP contribution in [0.4, 0.5) is 0 Å². The van der Waals surface area contributed by atoms with E-state index in [1.807, 2.05) is 0 Å². The van der Waals surface area contributed by atoms with Crippen LogP contribution >= 0.6 is 0 Å². The third-order valence-corrected chi connectivity index (χ3v) is 12.9. The quantitative estimate of drug-likeness (QED) is 0.123. The van der Waals surface area contributed by atoms with E-state index < -0.39 is 176 Å². The van der Waals surface area contributed by atoms with Gasteiger partial charge in [0, 0.05) is 36.8 Å². The van der Waals surface area contributed by atoms with E-state index in [1.165, 1.54) is 25.1 Å². The number of H-pyrrole nitrogens is 1. The van der Waals surface area contributed by atoms with Gasteiger partial charge in [0.05, 0.1) is 60.4 Å². The molecule has 11 atom stereocenters. The summed E-state index contributed by atoms with van der Waals surface area (Å²) in [4.78, 5) is 127. The Morgan fingerprint density at radius 1 is 0.859 bits per heavy atom. The first-order chi connectivity index (χ1) is 30.2. The number of aromatic amines is 1. The number of fused-ring (bicyclic) bond motifs is 5. The van der Waals surface area contributed by atoms with Crippen molar-refractivity contribution >= 4 is 74.9 Å². The number of hydrogen-bond donors (Lipinski definition) is 13. The normalized spacial score (nSPS) is 28.5. The molecular formula is C39H53N9O15S. The van der Waals surface area contributed by atoms with E-state index in [4.69, 9.17) is 0 Å². The fraction of sp³-hybridized carbons (Fsp3) is 0.564. The van der Waals surface area contributed by atoms with Gasteiger partial charge in [0.15, 0.2) is 0 Å². The van der Waals surface area contributed by atoms with Crippen LogP contribution in [0.1, 0.15) is 45.6 Å². The molecule has 1 aromatic heterocycles. The molecule has 0 aliphatic carbocycles. The number of carboxylic acid groups (broad SMARTS) is 1. The summed E-state index contributed by atoms with van der Waals surface area (Å²) in [5.74, 6) is -12.9. The van der Waals surface area contributed by atoms with Crippen LogP contribution in [0.2, 0.25) is 0 Å². The van der Waals surface area contributed by atoms with E-state index in [0.717, 1.165) is 4.90 Å². The summed E-state index contributed by atoms with van der Waals surface area (Å²) in [5, 5.41) is 68.3. The lowest BCUT2D eigenvalue weighted by atomic mass is 9.93. The van der Waals surface area contributed by atoms with E-state index in [2.05, 4.69) is 42.2 Å². The van der Waals surface area contributed by atoms with E-state index in [-0.39, 0.29) is 27.2 Å². The molecule has 0 saturated carbocycles. The SMILES string of the molecule is CC[C@H](C)[C@@H]1NC(=O)CNC(=O)[C@@H]2Cc3c([nH]c4cc(O)ccc34)[S@@](=O)C[C@H](NC(=O)CNC1=O)C(=O)N[C@@H](CC(=O)O)C(=O)N1C[C@H](O)C[C@H]1C(=O)N[C@@H]([C@@H](C)[C@@H](O)CO)C(=O)N2. The van der Waals surface area contributed by atoms with Gasteiger partial charge in [-0.05, 0) is 23.6 Å². The van der Waals surface area contributed by atoms with Crippen LogP contribution in [0.25, 0.3) is 10.9 Å². The van der Waals surface area contributed by atoms with Gasteiger partial charge < -0.3 is 72.6 Å². The Morgan fingerprint density at radius 2 is 1.53 bits per heavy atom. The number of aliphatic hydroxyl groups is 3. The lowest BCUT2D eigenvalue weighted by Crippen LogP contribution is -2.62. The lowest BCUT2D eigenvalue weighted by molar-refractivity contribution is -0.146. The summed E-state index contributed by atoms with van der Waals surface area (Å²) in [6.07, 6.45) is -4.74. The van der Waals surface area contributed by atoms with Gasteiger partial charge >= 0.3 is 5.97 Å². The summed E-state index contributed by atoms with van der Waals surface area (Å²) in [6.45, 7) is 1.64. The van der Waals surface area contributed by atoms with Crippen molar-refractivity contribution in [3.05, 3.63) is 23.8 Å². The second-order valence-electron chi connectivity index (χ2n) is 16.1. The minimum absolute atomic E-state index is 0.0635. The number of carbonyl (C=O) groups is 9. The minimum Gasteiger partial charge on any atom is -0.508 e. The molecule has 350 valence electrons. The Hall–Kier alpha value is -6.18. The Bertz CT molecular complexity index is 2200. The molecule has 0 spiro atoms. The van der Waals surface area contributed by atoms with Crippen molar-refractivity contribution < 1.29 is 72.9 Å². The van der Waals surface area contributed by atoms with Gasteiger partial charge in [0.2, 0.25) is 47.3 Å². The van der Waals surface area contributed by atoms with E-state index in [1.54, 1.807) is 13.8 Å².